The molecule has 0 aliphatic carbocycles. The maximum atomic E-state index is 12.0. The molecule has 0 bridgehead atoms. The monoisotopic (exact) mass is 319 g/mol. The van der Waals surface area contributed by atoms with Crippen LogP contribution in [0, 0.1) is 0 Å². The number of imidazole rings is 1. The van der Waals surface area contributed by atoms with E-state index < -0.39 is 0 Å². The molecule has 1 aromatic heterocycles. The number of hydrogen-bond acceptors (Lipinski definition) is 4. The fraction of sp³-hybridized carbons (Fsp3) is 0.375. The van der Waals surface area contributed by atoms with Crippen molar-refractivity contribution in [3.63, 3.8) is 0 Å². The van der Waals surface area contributed by atoms with Crippen molar-refractivity contribution in [1.82, 2.24) is 14.9 Å². The minimum Gasteiger partial charge on any atom is -0.496 e. The number of aromatic nitrogens is 2. The second-order valence-corrected chi connectivity index (χ2v) is 5.66. The molecule has 6 heteroatoms. The van der Waals surface area contributed by atoms with Crippen LogP contribution in [-0.2, 0) is 24.8 Å². The van der Waals surface area contributed by atoms with E-state index in [0.717, 1.165) is 22.2 Å². The first-order valence-corrected chi connectivity index (χ1v) is 8.31. The van der Waals surface area contributed by atoms with Crippen molar-refractivity contribution in [2.45, 2.75) is 24.5 Å². The van der Waals surface area contributed by atoms with Crippen LogP contribution in [0.15, 0.2) is 35.6 Å². The van der Waals surface area contributed by atoms with E-state index >= 15 is 0 Å². The van der Waals surface area contributed by atoms with E-state index in [0.29, 0.717) is 19.4 Å². The number of carbonyl (C=O) groups is 1. The van der Waals surface area contributed by atoms with Gasteiger partial charge in [0.1, 0.15) is 5.75 Å². The fourth-order valence-electron chi connectivity index (χ4n) is 2.21. The topological polar surface area (TPSA) is 56.1 Å². The second kappa shape index (κ2) is 7.89. The Kier molecular flexibility index (Phi) is 5.89. The summed E-state index contributed by atoms with van der Waals surface area (Å²) < 4.78 is 7.28. The molecule has 1 aromatic carbocycles. The molecule has 0 radical (unpaired) electrons. The van der Waals surface area contributed by atoms with Gasteiger partial charge in [-0.2, -0.15) is 0 Å². The summed E-state index contributed by atoms with van der Waals surface area (Å²) in [5.74, 6) is 0.851. The van der Waals surface area contributed by atoms with E-state index in [2.05, 4.69) is 10.3 Å². The number of thioether (sulfide) groups is 1. The number of rotatable bonds is 7. The standard InChI is InChI=1S/C16H21N3O2S/c1-19-13(11-18-16(19)22-3)10-17-15(20)9-8-12-6-4-5-7-14(12)21-2/h4-7,11H,8-10H2,1-3H3,(H,17,20). The van der Waals surface area contributed by atoms with Crippen LogP contribution in [0.4, 0.5) is 0 Å². The predicted octanol–water partition coefficient (Wildman–Crippen LogP) is 2.40. The van der Waals surface area contributed by atoms with Crippen molar-refractivity contribution < 1.29 is 9.53 Å². The summed E-state index contributed by atoms with van der Waals surface area (Å²) in [5.41, 5.74) is 2.04. The van der Waals surface area contributed by atoms with Gasteiger partial charge in [-0.1, -0.05) is 30.0 Å². The molecule has 5 nitrogen and oxygen atoms in total. The normalized spacial score (nSPS) is 10.5. The van der Waals surface area contributed by atoms with Gasteiger partial charge in [0, 0.05) is 13.5 Å². The van der Waals surface area contributed by atoms with E-state index in [-0.39, 0.29) is 5.91 Å². The number of nitrogens with one attached hydrogen (secondary N) is 1. The Morgan fingerprint density at radius 1 is 1.41 bits per heavy atom. The lowest BCUT2D eigenvalue weighted by Gasteiger charge is -2.09. The molecule has 118 valence electrons. The minimum atomic E-state index is 0.0257. The van der Waals surface area contributed by atoms with E-state index in [1.54, 1.807) is 25.1 Å². The van der Waals surface area contributed by atoms with E-state index in [4.69, 9.17) is 4.74 Å². The van der Waals surface area contributed by atoms with Gasteiger partial charge in [0.05, 0.1) is 25.5 Å². The van der Waals surface area contributed by atoms with Crippen LogP contribution < -0.4 is 10.1 Å². The van der Waals surface area contributed by atoms with Crippen molar-refractivity contribution in [2.75, 3.05) is 13.4 Å². The first-order valence-electron chi connectivity index (χ1n) is 7.09. The van der Waals surface area contributed by atoms with Gasteiger partial charge in [-0.15, -0.1) is 0 Å². The number of methoxy groups -OCH3 is 1. The summed E-state index contributed by atoms with van der Waals surface area (Å²) in [5, 5.41) is 3.88. The maximum Gasteiger partial charge on any atom is 0.220 e. The van der Waals surface area contributed by atoms with E-state index in [1.807, 2.05) is 42.1 Å². The molecule has 0 saturated heterocycles. The first kappa shape index (κ1) is 16.4. The Balaban J connectivity index is 1.84. The van der Waals surface area contributed by atoms with Gasteiger partial charge < -0.3 is 14.6 Å². The summed E-state index contributed by atoms with van der Waals surface area (Å²) in [6.45, 7) is 0.495. The molecule has 2 rings (SSSR count). The third-order valence-electron chi connectivity index (χ3n) is 3.50. The average molecular weight is 319 g/mol. The highest BCUT2D eigenvalue weighted by molar-refractivity contribution is 7.98. The average Bonchev–Trinajstić information content (AvgIpc) is 2.91. The van der Waals surface area contributed by atoms with Gasteiger partial charge in [0.2, 0.25) is 5.91 Å². The smallest absolute Gasteiger partial charge is 0.220 e. The molecule has 2 aromatic rings. The Labute approximate surface area is 135 Å². The first-order chi connectivity index (χ1) is 10.7. The van der Waals surface area contributed by atoms with Crippen LogP contribution in [0.2, 0.25) is 0 Å². The largest absolute Gasteiger partial charge is 0.496 e. The van der Waals surface area contributed by atoms with Crippen LogP contribution in [0.25, 0.3) is 0 Å². The van der Waals surface area contributed by atoms with Crippen molar-refractivity contribution in [1.29, 1.82) is 0 Å². The number of hydrogen-bond donors (Lipinski definition) is 1. The predicted molar refractivity (Wildman–Crippen MR) is 88.2 cm³/mol. The summed E-state index contributed by atoms with van der Waals surface area (Å²) >= 11 is 1.59. The van der Waals surface area contributed by atoms with Crippen LogP contribution in [0.1, 0.15) is 17.7 Å². The lowest BCUT2D eigenvalue weighted by molar-refractivity contribution is -0.121. The number of benzene rings is 1. The van der Waals surface area contributed by atoms with Crippen LogP contribution in [0.5, 0.6) is 5.75 Å². The highest BCUT2D eigenvalue weighted by atomic mass is 32.2. The van der Waals surface area contributed by atoms with Gasteiger partial charge in [-0.3, -0.25) is 4.79 Å². The Hall–Kier alpha value is -1.95. The molecular weight excluding hydrogens is 298 g/mol. The molecule has 1 amide bonds. The summed E-state index contributed by atoms with van der Waals surface area (Å²) in [7, 11) is 3.60. The molecule has 1 N–H and O–H groups in total. The molecule has 0 aliphatic rings. The highest BCUT2D eigenvalue weighted by Gasteiger charge is 2.09. The molecule has 0 spiro atoms. The molecular formula is C16H21N3O2S. The number of amides is 1. The molecule has 0 unspecified atom stereocenters. The van der Waals surface area contributed by atoms with Crippen LogP contribution >= 0.6 is 11.8 Å². The zero-order valence-corrected chi connectivity index (χ0v) is 13.9. The lowest BCUT2D eigenvalue weighted by atomic mass is 10.1. The number of ether oxygens (including phenoxy) is 1. The zero-order chi connectivity index (χ0) is 15.9. The van der Waals surface area contributed by atoms with Crippen molar-refractivity contribution >= 4 is 17.7 Å². The van der Waals surface area contributed by atoms with Crippen molar-refractivity contribution in [3.05, 3.63) is 41.7 Å². The Bertz CT molecular complexity index is 640. The number of nitrogens with zero attached hydrogens (tertiary/aromatic N) is 2. The second-order valence-electron chi connectivity index (χ2n) is 4.88. The molecule has 0 aliphatic heterocycles. The van der Waals surface area contributed by atoms with Crippen molar-refractivity contribution in [3.8, 4) is 5.75 Å². The molecule has 22 heavy (non-hydrogen) atoms. The van der Waals surface area contributed by atoms with Gasteiger partial charge in [0.15, 0.2) is 5.16 Å². The minimum absolute atomic E-state index is 0.0257. The Morgan fingerprint density at radius 2 is 2.18 bits per heavy atom. The van der Waals surface area contributed by atoms with Crippen LogP contribution in [-0.4, -0.2) is 28.8 Å². The fourth-order valence-corrected chi connectivity index (χ4v) is 2.76. The number of para-hydroxylation sites is 1. The SMILES string of the molecule is COc1ccccc1CCC(=O)NCc1cnc(SC)n1C. The van der Waals surface area contributed by atoms with Gasteiger partial charge in [-0.05, 0) is 24.3 Å². The lowest BCUT2D eigenvalue weighted by Crippen LogP contribution is -2.24. The summed E-state index contributed by atoms with van der Waals surface area (Å²) in [4.78, 5) is 16.3. The third-order valence-corrected chi connectivity index (χ3v) is 4.25. The number of aryl methyl sites for hydroxylation is 1. The van der Waals surface area contributed by atoms with E-state index in [9.17, 15) is 4.79 Å². The third kappa shape index (κ3) is 4.04. The highest BCUT2D eigenvalue weighted by Crippen LogP contribution is 2.18. The molecule has 1 heterocycles. The molecule has 0 atom stereocenters. The van der Waals surface area contributed by atoms with E-state index in [1.165, 1.54) is 0 Å². The van der Waals surface area contributed by atoms with Crippen LogP contribution in [0.3, 0.4) is 0 Å². The quantitative estimate of drug-likeness (QED) is 0.796. The van der Waals surface area contributed by atoms with Gasteiger partial charge in [0.25, 0.3) is 0 Å². The summed E-state index contributed by atoms with van der Waals surface area (Å²) in [6, 6.07) is 7.77. The molecule has 0 saturated carbocycles. The molecule has 0 fully saturated rings. The van der Waals surface area contributed by atoms with Gasteiger partial charge in [-0.25, -0.2) is 4.98 Å². The maximum absolute atomic E-state index is 12.0. The zero-order valence-electron chi connectivity index (χ0n) is 13.1. The summed E-state index contributed by atoms with van der Waals surface area (Å²) in [6.07, 6.45) is 4.88. The van der Waals surface area contributed by atoms with Gasteiger partial charge >= 0.3 is 0 Å². The van der Waals surface area contributed by atoms with Crippen molar-refractivity contribution in [2.24, 2.45) is 7.05 Å². The Morgan fingerprint density at radius 3 is 2.86 bits per heavy atom. The number of carbonyl (C=O) groups excluding carboxylic acids is 1.